The largest absolute Gasteiger partial charge is 0.0832 e. The topological polar surface area (TPSA) is 0 Å². The maximum Gasteiger partial charge on any atom is 0.0467 e. The van der Waals surface area contributed by atoms with Gasteiger partial charge in [-0.25, -0.2) is 0 Å². The average Bonchev–Trinajstić information content (AvgIpc) is 2.87. The van der Waals surface area contributed by atoms with Gasteiger partial charge in [0, 0.05) is 10.7 Å². The van der Waals surface area contributed by atoms with Crippen molar-refractivity contribution in [2.24, 2.45) is 0 Å². The second-order valence-electron chi connectivity index (χ2n) is 5.79. The molecule has 0 aromatic heterocycles. The summed E-state index contributed by atoms with van der Waals surface area (Å²) in [5.74, 6) is 0.649. The van der Waals surface area contributed by atoms with Crippen molar-refractivity contribution in [3.05, 3.63) is 70.3 Å². The third-order valence-corrected chi connectivity index (χ3v) is 5.86. The Kier molecular flexibility index (Phi) is 2.77. The van der Waals surface area contributed by atoms with Crippen LogP contribution in [0.2, 0.25) is 0 Å². The highest BCUT2D eigenvalue weighted by Crippen LogP contribution is 2.48. The first kappa shape index (κ1) is 11.7. The first-order chi connectivity index (χ1) is 9.33. The molecule has 96 valence electrons. The molecule has 0 nitrogen and oxygen atoms in total. The zero-order chi connectivity index (χ0) is 12.8. The number of rotatable bonds is 2. The Morgan fingerprint density at radius 1 is 0.947 bits per heavy atom. The van der Waals surface area contributed by atoms with E-state index in [4.69, 9.17) is 0 Å². The van der Waals surface area contributed by atoms with Crippen molar-refractivity contribution in [2.45, 2.75) is 36.4 Å². The minimum Gasteiger partial charge on any atom is -0.0832 e. The molecule has 2 aromatic rings. The molecule has 2 aliphatic carbocycles. The maximum absolute atomic E-state index is 3.94. The molecule has 2 aliphatic rings. The highest BCUT2D eigenvalue weighted by Gasteiger charge is 2.32. The minimum atomic E-state index is 0.466. The van der Waals surface area contributed by atoms with Gasteiger partial charge in [-0.15, -0.1) is 0 Å². The molecule has 0 saturated carbocycles. The molecule has 0 spiro atoms. The predicted molar refractivity (Wildman–Crippen MR) is 83.0 cm³/mol. The van der Waals surface area contributed by atoms with E-state index in [9.17, 15) is 0 Å². The molecule has 0 heterocycles. The van der Waals surface area contributed by atoms with Crippen molar-refractivity contribution in [2.75, 3.05) is 0 Å². The second-order valence-corrected chi connectivity index (χ2v) is 6.78. The summed E-state index contributed by atoms with van der Waals surface area (Å²) < 4.78 is 0. The molecule has 0 aliphatic heterocycles. The van der Waals surface area contributed by atoms with Gasteiger partial charge in [-0.05, 0) is 53.5 Å². The van der Waals surface area contributed by atoms with Gasteiger partial charge in [0.1, 0.15) is 0 Å². The first-order valence-electron chi connectivity index (χ1n) is 7.16. The predicted octanol–water partition coefficient (Wildman–Crippen LogP) is 4.95. The standard InChI is InChI=1S/C18H17Br/c19-18(17-11-14-4-1-2-7-16(14)17)15-9-8-12-5-3-6-13(12)10-15/h1-2,4,7-10,17-18H,3,5-6,11H2. The molecule has 1 heteroatoms. The lowest BCUT2D eigenvalue weighted by Crippen LogP contribution is -2.20. The van der Waals surface area contributed by atoms with Gasteiger partial charge in [-0.2, -0.15) is 0 Å². The normalized spacial score (nSPS) is 21.4. The van der Waals surface area contributed by atoms with E-state index >= 15 is 0 Å². The molecule has 0 saturated heterocycles. The molecule has 0 bridgehead atoms. The van der Waals surface area contributed by atoms with Gasteiger partial charge < -0.3 is 0 Å². The van der Waals surface area contributed by atoms with Crippen LogP contribution in [0.25, 0.3) is 0 Å². The van der Waals surface area contributed by atoms with Gasteiger partial charge >= 0.3 is 0 Å². The zero-order valence-electron chi connectivity index (χ0n) is 10.9. The van der Waals surface area contributed by atoms with Crippen LogP contribution in [0.1, 0.15) is 45.0 Å². The molecule has 4 rings (SSSR count). The van der Waals surface area contributed by atoms with Gasteiger partial charge in [-0.3, -0.25) is 0 Å². The lowest BCUT2D eigenvalue weighted by atomic mass is 9.74. The Morgan fingerprint density at radius 3 is 2.68 bits per heavy atom. The van der Waals surface area contributed by atoms with E-state index in [0.29, 0.717) is 10.7 Å². The van der Waals surface area contributed by atoms with E-state index in [1.165, 1.54) is 42.4 Å². The second kappa shape index (κ2) is 4.49. The summed E-state index contributed by atoms with van der Waals surface area (Å²) in [5.41, 5.74) is 7.66. The van der Waals surface area contributed by atoms with Crippen LogP contribution >= 0.6 is 15.9 Å². The number of hydrogen-bond acceptors (Lipinski definition) is 0. The number of alkyl halides is 1. The molecule has 0 radical (unpaired) electrons. The molecule has 0 fully saturated rings. The Bertz CT molecular complexity index is 629. The smallest absolute Gasteiger partial charge is 0.0467 e. The fourth-order valence-corrected chi connectivity index (χ4v) is 4.31. The van der Waals surface area contributed by atoms with Gasteiger partial charge in [-0.1, -0.05) is 58.4 Å². The van der Waals surface area contributed by atoms with Crippen LogP contribution in [0.4, 0.5) is 0 Å². The highest BCUT2D eigenvalue weighted by molar-refractivity contribution is 9.09. The van der Waals surface area contributed by atoms with Crippen LogP contribution < -0.4 is 0 Å². The van der Waals surface area contributed by atoms with Crippen LogP contribution in [0.5, 0.6) is 0 Å². The monoisotopic (exact) mass is 312 g/mol. The van der Waals surface area contributed by atoms with E-state index in [2.05, 4.69) is 58.4 Å². The number of aryl methyl sites for hydroxylation is 2. The van der Waals surface area contributed by atoms with Crippen molar-refractivity contribution < 1.29 is 0 Å². The Hall–Kier alpha value is -1.08. The third kappa shape index (κ3) is 1.87. The van der Waals surface area contributed by atoms with Gasteiger partial charge in [0.15, 0.2) is 0 Å². The van der Waals surface area contributed by atoms with Crippen LogP contribution in [0, 0.1) is 0 Å². The van der Waals surface area contributed by atoms with Crippen LogP contribution in [-0.4, -0.2) is 0 Å². The van der Waals surface area contributed by atoms with Crippen LogP contribution in [0.3, 0.4) is 0 Å². The van der Waals surface area contributed by atoms with Crippen molar-refractivity contribution in [1.29, 1.82) is 0 Å². The van der Waals surface area contributed by atoms with E-state index in [1.807, 2.05) is 0 Å². The van der Waals surface area contributed by atoms with Gasteiger partial charge in [0.05, 0.1) is 0 Å². The number of halogens is 1. The zero-order valence-corrected chi connectivity index (χ0v) is 12.5. The van der Waals surface area contributed by atoms with Crippen LogP contribution in [-0.2, 0) is 19.3 Å². The fourth-order valence-electron chi connectivity index (χ4n) is 3.55. The maximum atomic E-state index is 3.94. The molecule has 2 atom stereocenters. The molecule has 2 aromatic carbocycles. The summed E-state index contributed by atoms with van der Waals surface area (Å²) >= 11 is 3.94. The molecule has 0 N–H and O–H groups in total. The molecule has 2 unspecified atom stereocenters. The quantitative estimate of drug-likeness (QED) is 0.688. The number of benzene rings is 2. The van der Waals surface area contributed by atoms with Crippen molar-refractivity contribution in [3.63, 3.8) is 0 Å². The summed E-state index contributed by atoms with van der Waals surface area (Å²) in [6.07, 6.45) is 5.08. The van der Waals surface area contributed by atoms with E-state index in [1.54, 1.807) is 11.1 Å². The summed E-state index contributed by atoms with van der Waals surface area (Å²) in [4.78, 5) is 0.466. The van der Waals surface area contributed by atoms with Crippen LogP contribution in [0.15, 0.2) is 42.5 Å². The minimum absolute atomic E-state index is 0.466. The van der Waals surface area contributed by atoms with Gasteiger partial charge in [0.2, 0.25) is 0 Å². The lowest BCUT2D eigenvalue weighted by Gasteiger charge is -2.34. The summed E-state index contributed by atoms with van der Waals surface area (Å²) in [5, 5.41) is 0. The summed E-state index contributed by atoms with van der Waals surface area (Å²) in [7, 11) is 0. The third-order valence-electron chi connectivity index (χ3n) is 4.69. The molecular formula is C18H17Br. The summed E-state index contributed by atoms with van der Waals surface area (Å²) in [6.45, 7) is 0. The Morgan fingerprint density at radius 2 is 1.79 bits per heavy atom. The fraction of sp³-hybridized carbons (Fsp3) is 0.333. The Labute approximate surface area is 123 Å². The lowest BCUT2D eigenvalue weighted by molar-refractivity contribution is 0.600. The summed E-state index contributed by atoms with van der Waals surface area (Å²) in [6, 6.07) is 15.9. The Balaban J connectivity index is 1.64. The van der Waals surface area contributed by atoms with E-state index in [0.717, 1.165) is 0 Å². The van der Waals surface area contributed by atoms with E-state index in [-0.39, 0.29) is 0 Å². The molecule has 0 amide bonds. The van der Waals surface area contributed by atoms with Crippen molar-refractivity contribution >= 4 is 15.9 Å². The molecular weight excluding hydrogens is 296 g/mol. The number of fused-ring (bicyclic) bond motifs is 2. The first-order valence-corrected chi connectivity index (χ1v) is 8.08. The average molecular weight is 313 g/mol. The van der Waals surface area contributed by atoms with Crippen molar-refractivity contribution in [3.8, 4) is 0 Å². The van der Waals surface area contributed by atoms with Gasteiger partial charge in [0.25, 0.3) is 0 Å². The van der Waals surface area contributed by atoms with E-state index < -0.39 is 0 Å². The molecule has 19 heavy (non-hydrogen) atoms. The highest BCUT2D eigenvalue weighted by atomic mass is 79.9. The van der Waals surface area contributed by atoms with Crippen molar-refractivity contribution in [1.82, 2.24) is 0 Å². The SMILES string of the molecule is BrC(c1ccc2c(c1)CCC2)C1Cc2ccccc21. The number of hydrogen-bond donors (Lipinski definition) is 0.